The molecule has 6 rings (SSSR count). The molecule has 6 aromatic rings. The summed E-state index contributed by atoms with van der Waals surface area (Å²) in [5, 5.41) is 10.4. The van der Waals surface area contributed by atoms with Crippen molar-refractivity contribution < 1.29 is 19.1 Å². The second kappa shape index (κ2) is 16.9. The summed E-state index contributed by atoms with van der Waals surface area (Å²) in [5.74, 6) is -0.403. The van der Waals surface area contributed by atoms with E-state index in [1.807, 2.05) is 96.4 Å². The molecule has 1 aromatic heterocycles. The van der Waals surface area contributed by atoms with Gasteiger partial charge in [0, 0.05) is 31.6 Å². The molecule has 8 nitrogen and oxygen atoms in total. The molecule has 5 aromatic carbocycles. The molecule has 0 saturated heterocycles. The van der Waals surface area contributed by atoms with E-state index in [1.165, 1.54) is 23.1 Å². The summed E-state index contributed by atoms with van der Waals surface area (Å²) in [6, 6.07) is 40.4. The summed E-state index contributed by atoms with van der Waals surface area (Å²) in [6.45, 7) is 0. The third-order valence-electron chi connectivity index (χ3n) is 7.49. The average Bonchev–Trinajstić information content (AvgIpc) is 3.62. The van der Waals surface area contributed by atoms with Gasteiger partial charge in [-0.1, -0.05) is 82.7 Å². The number of aromatic nitrogens is 1. The van der Waals surface area contributed by atoms with E-state index in [-0.39, 0.29) is 11.6 Å². The number of nitrogens with one attached hydrogen (secondary N) is 3. The predicted molar refractivity (Wildman–Crippen MR) is 209 cm³/mol. The van der Waals surface area contributed by atoms with E-state index in [0.29, 0.717) is 16.4 Å². The molecule has 254 valence electrons. The highest BCUT2D eigenvalue weighted by Crippen LogP contribution is 2.38. The molecular formula is C40H31BrN4O4S2. The molecule has 1 unspecified atom stereocenters. The maximum atomic E-state index is 13.8. The van der Waals surface area contributed by atoms with E-state index >= 15 is 0 Å². The molecule has 3 N–H and O–H groups in total. The van der Waals surface area contributed by atoms with E-state index < -0.39 is 17.1 Å². The Morgan fingerprint density at radius 3 is 2.27 bits per heavy atom. The van der Waals surface area contributed by atoms with Crippen LogP contribution in [0.4, 0.5) is 10.8 Å². The van der Waals surface area contributed by atoms with Crippen molar-refractivity contribution in [3.05, 3.63) is 166 Å². The van der Waals surface area contributed by atoms with Crippen LogP contribution in [0.2, 0.25) is 0 Å². The number of hydrogen-bond donors (Lipinski definition) is 3. The van der Waals surface area contributed by atoms with Crippen molar-refractivity contribution in [2.24, 2.45) is 0 Å². The first-order chi connectivity index (χ1) is 24.8. The number of ether oxygens (including phenoxy) is 1. The minimum Gasteiger partial charge on any atom is -0.497 e. The minimum absolute atomic E-state index is 0.0685. The first-order valence-corrected chi connectivity index (χ1v) is 18.3. The Labute approximate surface area is 312 Å². The zero-order valence-electron chi connectivity index (χ0n) is 27.2. The quantitative estimate of drug-likeness (QED) is 0.0845. The van der Waals surface area contributed by atoms with Crippen molar-refractivity contribution in [2.45, 2.75) is 10.1 Å². The smallest absolute Gasteiger partial charge is 0.272 e. The number of methoxy groups -OCH3 is 1. The van der Waals surface area contributed by atoms with Crippen LogP contribution in [-0.4, -0.2) is 29.8 Å². The highest BCUT2D eigenvalue weighted by atomic mass is 79.9. The van der Waals surface area contributed by atoms with Crippen molar-refractivity contribution in [3.8, 4) is 17.0 Å². The van der Waals surface area contributed by atoms with Gasteiger partial charge < -0.3 is 20.7 Å². The lowest BCUT2D eigenvalue weighted by Crippen LogP contribution is -2.30. The Hall–Kier alpha value is -5.49. The van der Waals surface area contributed by atoms with Crippen molar-refractivity contribution in [2.75, 3.05) is 17.7 Å². The number of benzene rings is 5. The fraction of sp³-hybridized carbons (Fsp3) is 0.0500. The molecule has 11 heteroatoms. The van der Waals surface area contributed by atoms with E-state index in [4.69, 9.17) is 4.74 Å². The van der Waals surface area contributed by atoms with Crippen LogP contribution in [0, 0.1) is 0 Å². The fourth-order valence-electron chi connectivity index (χ4n) is 4.98. The van der Waals surface area contributed by atoms with Crippen LogP contribution in [0.3, 0.4) is 0 Å². The molecular weight excluding hydrogens is 745 g/mol. The van der Waals surface area contributed by atoms with Gasteiger partial charge >= 0.3 is 0 Å². The molecule has 3 amide bonds. The Bertz CT molecular complexity index is 2170. The lowest BCUT2D eigenvalue weighted by atomic mass is 10.1. The van der Waals surface area contributed by atoms with Crippen LogP contribution in [0.15, 0.2) is 154 Å². The topological polar surface area (TPSA) is 109 Å². The summed E-state index contributed by atoms with van der Waals surface area (Å²) in [5.41, 5.74) is 4.18. The monoisotopic (exact) mass is 774 g/mol. The normalized spacial score (nSPS) is 11.7. The molecule has 0 aliphatic carbocycles. The molecule has 0 bridgehead atoms. The third-order valence-corrected chi connectivity index (χ3v) is 9.99. The van der Waals surface area contributed by atoms with Crippen molar-refractivity contribution in [1.29, 1.82) is 0 Å². The third kappa shape index (κ3) is 9.61. The number of carbonyl (C=O) groups excluding carboxylic acids is 3. The van der Waals surface area contributed by atoms with Crippen molar-refractivity contribution in [1.82, 2.24) is 10.3 Å². The van der Waals surface area contributed by atoms with Crippen LogP contribution in [0.25, 0.3) is 17.3 Å². The highest BCUT2D eigenvalue weighted by Gasteiger charge is 2.24. The van der Waals surface area contributed by atoms with Gasteiger partial charge in [0.2, 0.25) is 5.91 Å². The maximum absolute atomic E-state index is 13.8. The minimum atomic E-state index is -0.623. The summed E-state index contributed by atoms with van der Waals surface area (Å²) >= 11 is 6.16. The van der Waals surface area contributed by atoms with Gasteiger partial charge in [0.25, 0.3) is 11.8 Å². The number of thiazole rings is 1. The lowest BCUT2D eigenvalue weighted by molar-refractivity contribution is -0.116. The number of rotatable bonds is 12. The Morgan fingerprint density at radius 2 is 1.55 bits per heavy atom. The first kappa shape index (κ1) is 35.3. The second-order valence-electron chi connectivity index (χ2n) is 11.1. The summed E-state index contributed by atoms with van der Waals surface area (Å²) in [6.07, 6.45) is 1.62. The van der Waals surface area contributed by atoms with Gasteiger partial charge in [0.05, 0.1) is 12.8 Å². The predicted octanol–water partition coefficient (Wildman–Crippen LogP) is 9.46. The zero-order chi connectivity index (χ0) is 35.6. The molecule has 0 saturated carbocycles. The number of halogens is 1. The number of amides is 3. The number of hydrogen-bond acceptors (Lipinski definition) is 7. The van der Waals surface area contributed by atoms with Crippen LogP contribution >= 0.6 is 39.0 Å². The summed E-state index contributed by atoms with van der Waals surface area (Å²) in [7, 11) is 1.62. The van der Waals surface area contributed by atoms with Gasteiger partial charge in [-0.2, -0.15) is 0 Å². The molecule has 0 fully saturated rings. The lowest BCUT2D eigenvalue weighted by Gasteiger charge is -2.17. The van der Waals surface area contributed by atoms with Gasteiger partial charge in [0.1, 0.15) is 16.7 Å². The van der Waals surface area contributed by atoms with Gasteiger partial charge in [-0.25, -0.2) is 4.98 Å². The Morgan fingerprint density at radius 1 is 0.824 bits per heavy atom. The highest BCUT2D eigenvalue weighted by molar-refractivity contribution is 9.10. The molecule has 1 atom stereocenters. The summed E-state index contributed by atoms with van der Waals surface area (Å²) in [4.78, 5) is 46.0. The molecule has 1 heterocycles. The number of nitrogens with zero attached hydrogens (tertiary/aromatic N) is 1. The van der Waals surface area contributed by atoms with Gasteiger partial charge in [-0.05, 0) is 83.9 Å². The SMILES string of the molecule is COc1ccc(-c2csc(NC(=O)C(Sc3cccc(NC(=O)/C(=C\c4cccc(Br)c4)NC(=O)c4ccccc4)c3)c3ccccc3)n2)cc1. The standard InChI is InChI=1S/C40H31BrN4O4S2/c1-49-32-20-18-27(19-21-32)35-25-50-40(44-35)45-39(48)36(28-11-4-2-5-12-28)51-33-17-9-16-31(24-33)42-38(47)34(23-26-10-8-15-30(41)22-26)43-37(46)29-13-6-3-7-14-29/h2-25,36H,1H3,(H,42,47)(H,43,46)(H,44,45,48)/b34-23+. The zero-order valence-corrected chi connectivity index (χ0v) is 30.4. The Balaban J connectivity index is 1.20. The fourth-order valence-corrected chi connectivity index (χ4v) is 7.21. The van der Waals surface area contributed by atoms with Crippen LogP contribution in [0.1, 0.15) is 26.7 Å². The van der Waals surface area contributed by atoms with Gasteiger partial charge in [-0.3, -0.25) is 14.4 Å². The number of thioether (sulfide) groups is 1. The molecule has 0 spiro atoms. The van der Waals surface area contributed by atoms with Gasteiger partial charge in [-0.15, -0.1) is 23.1 Å². The second-order valence-corrected chi connectivity index (χ2v) is 14.0. The molecule has 0 aliphatic heterocycles. The maximum Gasteiger partial charge on any atom is 0.272 e. The number of anilines is 2. The number of carbonyl (C=O) groups is 3. The summed E-state index contributed by atoms with van der Waals surface area (Å²) < 4.78 is 6.09. The first-order valence-electron chi connectivity index (χ1n) is 15.7. The van der Waals surface area contributed by atoms with Crippen molar-refractivity contribution >= 4 is 73.6 Å². The van der Waals surface area contributed by atoms with Crippen LogP contribution < -0.4 is 20.7 Å². The Kier molecular flexibility index (Phi) is 11.7. The molecule has 0 aliphatic rings. The average molecular weight is 776 g/mol. The van der Waals surface area contributed by atoms with E-state index in [1.54, 1.807) is 55.7 Å². The van der Waals surface area contributed by atoms with E-state index in [2.05, 4.69) is 36.9 Å². The molecule has 0 radical (unpaired) electrons. The van der Waals surface area contributed by atoms with Gasteiger partial charge in [0.15, 0.2) is 5.13 Å². The molecule has 51 heavy (non-hydrogen) atoms. The van der Waals surface area contributed by atoms with Crippen LogP contribution in [-0.2, 0) is 9.59 Å². The van der Waals surface area contributed by atoms with E-state index in [0.717, 1.165) is 37.5 Å². The van der Waals surface area contributed by atoms with Crippen molar-refractivity contribution in [3.63, 3.8) is 0 Å². The van der Waals surface area contributed by atoms with E-state index in [9.17, 15) is 14.4 Å². The largest absolute Gasteiger partial charge is 0.497 e. The van der Waals surface area contributed by atoms with Crippen LogP contribution in [0.5, 0.6) is 5.75 Å².